The van der Waals surface area contributed by atoms with Crippen molar-refractivity contribution in [2.24, 2.45) is 0 Å². The zero-order chi connectivity index (χ0) is 22.4. The topological polar surface area (TPSA) is 98.8 Å². The predicted molar refractivity (Wildman–Crippen MR) is 120 cm³/mol. The fourth-order valence-electron chi connectivity index (χ4n) is 4.19. The molecule has 1 unspecified atom stereocenters. The van der Waals surface area contributed by atoms with Crippen molar-refractivity contribution in [1.29, 1.82) is 0 Å². The number of carbonyl (C=O) groups excluding carboxylic acids is 2. The smallest absolute Gasteiger partial charge is 0.252 e. The van der Waals surface area contributed by atoms with Crippen molar-refractivity contribution in [3.05, 3.63) is 28.8 Å². The summed E-state index contributed by atoms with van der Waals surface area (Å²) in [6.07, 6.45) is 4.10. The van der Waals surface area contributed by atoms with Crippen molar-refractivity contribution in [2.45, 2.75) is 50.0 Å². The number of halogens is 1. The highest BCUT2D eigenvalue weighted by Crippen LogP contribution is 2.21. The van der Waals surface area contributed by atoms with Gasteiger partial charge in [-0.2, -0.15) is 0 Å². The number of rotatable bonds is 10. The second-order valence-electron chi connectivity index (χ2n) is 8.01. The molecule has 2 saturated heterocycles. The number of carbonyl (C=O) groups is 2. The van der Waals surface area contributed by atoms with Crippen LogP contribution in [-0.4, -0.2) is 75.3 Å². The summed E-state index contributed by atoms with van der Waals surface area (Å²) in [7, 11) is -3.79. The van der Waals surface area contributed by atoms with E-state index in [1.165, 1.54) is 18.2 Å². The van der Waals surface area contributed by atoms with E-state index in [1.54, 1.807) is 4.90 Å². The molecule has 2 heterocycles. The fraction of sp³-hybridized carbons (Fsp3) is 0.619. The first-order chi connectivity index (χ1) is 14.8. The molecule has 10 heteroatoms. The van der Waals surface area contributed by atoms with Crippen LogP contribution >= 0.6 is 11.6 Å². The number of hydrogen-bond acceptors (Lipinski definition) is 5. The van der Waals surface area contributed by atoms with E-state index >= 15 is 0 Å². The van der Waals surface area contributed by atoms with E-state index in [0.717, 1.165) is 38.9 Å². The van der Waals surface area contributed by atoms with Crippen LogP contribution in [0.5, 0.6) is 0 Å². The van der Waals surface area contributed by atoms with Crippen molar-refractivity contribution < 1.29 is 18.0 Å². The molecular weight excluding hydrogens is 440 g/mol. The van der Waals surface area contributed by atoms with Crippen LogP contribution in [0.3, 0.4) is 0 Å². The highest BCUT2D eigenvalue weighted by atomic mass is 35.5. The van der Waals surface area contributed by atoms with Crippen molar-refractivity contribution >= 4 is 33.4 Å². The molecular formula is C21H31ClN4O4S. The van der Waals surface area contributed by atoms with Gasteiger partial charge in [0, 0.05) is 38.6 Å². The number of nitrogens with one attached hydrogen (secondary N) is 2. The van der Waals surface area contributed by atoms with E-state index in [2.05, 4.69) is 21.9 Å². The molecule has 3 rings (SSSR count). The third kappa shape index (κ3) is 6.19. The number of amides is 2. The van der Waals surface area contributed by atoms with Gasteiger partial charge in [0.2, 0.25) is 15.9 Å². The minimum atomic E-state index is -3.79. The molecule has 0 aromatic heterocycles. The standard InChI is InChI=1S/C21H31ClN4O4S/c1-2-25-11-3-6-16(25)15-23-21(28)18-14-17(8-9-19(18)22)31(29,30)24-10-5-13-26-12-4-7-20(26)27/h8-9,14,16,24H,2-7,10-13,15H2,1H3,(H,23,28). The van der Waals surface area contributed by atoms with Crippen molar-refractivity contribution in [1.82, 2.24) is 19.8 Å². The summed E-state index contributed by atoms with van der Waals surface area (Å²) in [5.74, 6) is -0.256. The lowest BCUT2D eigenvalue weighted by Crippen LogP contribution is -2.40. The lowest BCUT2D eigenvalue weighted by molar-refractivity contribution is -0.127. The van der Waals surface area contributed by atoms with Crippen LogP contribution < -0.4 is 10.0 Å². The van der Waals surface area contributed by atoms with Gasteiger partial charge in [-0.05, 0) is 57.0 Å². The number of hydrogen-bond donors (Lipinski definition) is 2. The van der Waals surface area contributed by atoms with Crippen LogP contribution in [0.25, 0.3) is 0 Å². The average molecular weight is 471 g/mol. The highest BCUT2D eigenvalue weighted by molar-refractivity contribution is 7.89. The number of likely N-dealkylation sites (tertiary alicyclic amines) is 2. The Bertz CT molecular complexity index is 909. The van der Waals surface area contributed by atoms with Gasteiger partial charge in [0.1, 0.15) is 0 Å². The lowest BCUT2D eigenvalue weighted by atomic mass is 10.2. The molecule has 2 amide bonds. The van der Waals surface area contributed by atoms with Gasteiger partial charge in [-0.3, -0.25) is 14.5 Å². The molecule has 1 aromatic carbocycles. The first-order valence-electron chi connectivity index (χ1n) is 10.9. The third-order valence-corrected chi connectivity index (χ3v) is 7.75. The average Bonchev–Trinajstić information content (AvgIpc) is 3.37. The van der Waals surface area contributed by atoms with Crippen molar-refractivity contribution in [3.8, 4) is 0 Å². The number of nitrogens with zero attached hydrogens (tertiary/aromatic N) is 2. The van der Waals surface area contributed by atoms with Crippen LogP contribution in [-0.2, 0) is 14.8 Å². The highest BCUT2D eigenvalue weighted by Gasteiger charge is 2.25. The Morgan fingerprint density at radius 2 is 2.06 bits per heavy atom. The minimum Gasteiger partial charge on any atom is -0.350 e. The molecule has 0 spiro atoms. The Hall–Kier alpha value is -1.68. The van der Waals surface area contributed by atoms with Crippen LogP contribution in [0, 0.1) is 0 Å². The van der Waals surface area contributed by atoms with E-state index in [0.29, 0.717) is 32.0 Å². The van der Waals surface area contributed by atoms with Gasteiger partial charge in [-0.25, -0.2) is 13.1 Å². The summed E-state index contributed by atoms with van der Waals surface area (Å²) < 4.78 is 27.9. The number of likely N-dealkylation sites (N-methyl/N-ethyl adjacent to an activating group) is 1. The molecule has 2 aliphatic rings. The fourth-order valence-corrected chi connectivity index (χ4v) is 5.50. The normalized spacial score (nSPS) is 19.9. The molecule has 0 bridgehead atoms. The molecule has 31 heavy (non-hydrogen) atoms. The van der Waals surface area contributed by atoms with Crippen LogP contribution in [0.1, 0.15) is 49.4 Å². The number of sulfonamides is 1. The Kier molecular flexibility index (Phi) is 8.32. The monoisotopic (exact) mass is 470 g/mol. The summed E-state index contributed by atoms with van der Waals surface area (Å²) >= 11 is 6.18. The Labute approximate surface area is 189 Å². The third-order valence-electron chi connectivity index (χ3n) is 5.96. The largest absolute Gasteiger partial charge is 0.350 e. The van der Waals surface area contributed by atoms with E-state index in [-0.39, 0.29) is 33.8 Å². The van der Waals surface area contributed by atoms with Crippen LogP contribution in [0.2, 0.25) is 5.02 Å². The maximum atomic E-state index is 12.7. The SMILES string of the molecule is CCN1CCCC1CNC(=O)c1cc(S(=O)(=O)NCCCN2CCCC2=O)ccc1Cl. The van der Waals surface area contributed by atoms with E-state index in [4.69, 9.17) is 11.6 Å². The molecule has 1 aromatic rings. The molecule has 1 atom stereocenters. The van der Waals surface area contributed by atoms with Gasteiger partial charge in [-0.1, -0.05) is 18.5 Å². The van der Waals surface area contributed by atoms with E-state index in [9.17, 15) is 18.0 Å². The molecule has 8 nitrogen and oxygen atoms in total. The molecule has 0 radical (unpaired) electrons. The molecule has 2 fully saturated rings. The second-order valence-corrected chi connectivity index (χ2v) is 10.2. The maximum absolute atomic E-state index is 12.7. The van der Waals surface area contributed by atoms with Gasteiger partial charge in [0.25, 0.3) is 5.91 Å². The van der Waals surface area contributed by atoms with Gasteiger partial charge < -0.3 is 10.2 Å². The zero-order valence-corrected chi connectivity index (χ0v) is 19.5. The first-order valence-corrected chi connectivity index (χ1v) is 12.8. The Morgan fingerprint density at radius 3 is 2.77 bits per heavy atom. The molecule has 0 aliphatic carbocycles. The minimum absolute atomic E-state index is 0.00431. The van der Waals surface area contributed by atoms with Crippen molar-refractivity contribution in [3.63, 3.8) is 0 Å². The maximum Gasteiger partial charge on any atom is 0.252 e. The summed E-state index contributed by atoms with van der Waals surface area (Å²) in [5.41, 5.74) is 0.147. The first kappa shape index (κ1) is 24.0. The summed E-state index contributed by atoms with van der Waals surface area (Å²) in [5, 5.41) is 3.11. The van der Waals surface area contributed by atoms with Crippen LogP contribution in [0.15, 0.2) is 23.1 Å². The van der Waals surface area contributed by atoms with Gasteiger partial charge >= 0.3 is 0 Å². The molecule has 2 N–H and O–H groups in total. The summed E-state index contributed by atoms with van der Waals surface area (Å²) in [6, 6.07) is 4.43. The quantitative estimate of drug-likeness (QED) is 0.508. The van der Waals surface area contributed by atoms with Crippen LogP contribution in [0.4, 0.5) is 0 Å². The number of benzene rings is 1. The summed E-state index contributed by atoms with van der Waals surface area (Å²) in [4.78, 5) is 28.4. The lowest BCUT2D eigenvalue weighted by Gasteiger charge is -2.23. The molecule has 172 valence electrons. The van der Waals surface area contributed by atoms with Gasteiger partial charge in [0.05, 0.1) is 15.5 Å². The van der Waals surface area contributed by atoms with Gasteiger partial charge in [-0.15, -0.1) is 0 Å². The Balaban J connectivity index is 1.56. The van der Waals surface area contributed by atoms with Gasteiger partial charge in [0.15, 0.2) is 0 Å². The van der Waals surface area contributed by atoms with Crippen molar-refractivity contribution in [2.75, 3.05) is 39.3 Å². The molecule has 0 saturated carbocycles. The van der Waals surface area contributed by atoms with E-state index in [1.807, 2.05) is 0 Å². The zero-order valence-electron chi connectivity index (χ0n) is 17.9. The second kappa shape index (κ2) is 10.8. The Morgan fingerprint density at radius 1 is 1.26 bits per heavy atom. The predicted octanol–water partition coefficient (Wildman–Crippen LogP) is 1.84. The van der Waals surface area contributed by atoms with E-state index < -0.39 is 10.0 Å². The molecule has 2 aliphatic heterocycles. The summed E-state index contributed by atoms with van der Waals surface area (Å²) in [6.45, 7) is 6.05.